The summed E-state index contributed by atoms with van der Waals surface area (Å²) in [6.45, 7) is 2.47. The number of hydrogen-bond acceptors (Lipinski definition) is 3. The van der Waals surface area contributed by atoms with Crippen molar-refractivity contribution in [1.29, 1.82) is 0 Å². The van der Waals surface area contributed by atoms with Crippen molar-refractivity contribution in [3.05, 3.63) is 95.6 Å². The summed E-state index contributed by atoms with van der Waals surface area (Å²) in [5, 5.41) is 5.79. The summed E-state index contributed by atoms with van der Waals surface area (Å²) in [6, 6.07) is 25.1. The minimum atomic E-state index is -0.208. The second-order valence-electron chi connectivity index (χ2n) is 6.67. The summed E-state index contributed by atoms with van der Waals surface area (Å²) in [5.74, 6) is 0.366. The van der Waals surface area contributed by atoms with Gasteiger partial charge in [0.25, 0.3) is 5.91 Å². The van der Waals surface area contributed by atoms with Crippen molar-refractivity contribution in [2.75, 3.05) is 11.1 Å². The highest BCUT2D eigenvalue weighted by Crippen LogP contribution is 2.19. The Labute approximate surface area is 175 Å². The van der Waals surface area contributed by atoms with Gasteiger partial charge in [0.05, 0.1) is 11.3 Å². The number of thioether (sulfide) groups is 1. The first-order chi connectivity index (χ1) is 14.1. The standard InChI is InChI=1S/C24H24N2O2S/c1-18-11-13-19(14-12-18)17-25-24(28)21-9-5-6-10-22(21)26-23(27)15-16-29-20-7-3-2-4-8-20/h2-14H,15-17H2,1H3,(H,25,28)(H,26,27). The van der Waals surface area contributed by atoms with Crippen LogP contribution in [0.5, 0.6) is 0 Å². The van der Waals surface area contributed by atoms with E-state index in [1.54, 1.807) is 30.0 Å². The van der Waals surface area contributed by atoms with Crippen LogP contribution in [0.3, 0.4) is 0 Å². The molecule has 0 saturated heterocycles. The maximum Gasteiger partial charge on any atom is 0.253 e. The largest absolute Gasteiger partial charge is 0.348 e. The average molecular weight is 405 g/mol. The van der Waals surface area contributed by atoms with E-state index in [9.17, 15) is 9.59 Å². The van der Waals surface area contributed by atoms with Crippen molar-refractivity contribution in [3.63, 3.8) is 0 Å². The van der Waals surface area contributed by atoms with Crippen LogP contribution in [0.15, 0.2) is 83.8 Å². The number of aryl methyl sites for hydroxylation is 1. The molecular formula is C24H24N2O2S. The van der Waals surface area contributed by atoms with E-state index >= 15 is 0 Å². The minimum absolute atomic E-state index is 0.104. The molecular weight excluding hydrogens is 380 g/mol. The first-order valence-corrected chi connectivity index (χ1v) is 10.5. The third kappa shape index (κ3) is 6.50. The van der Waals surface area contributed by atoms with Crippen LogP contribution in [0.1, 0.15) is 27.9 Å². The van der Waals surface area contributed by atoms with Gasteiger partial charge in [-0.2, -0.15) is 0 Å². The van der Waals surface area contributed by atoms with Crippen LogP contribution in [-0.4, -0.2) is 17.6 Å². The molecule has 0 heterocycles. The fourth-order valence-electron chi connectivity index (χ4n) is 2.76. The van der Waals surface area contributed by atoms with E-state index in [0.717, 1.165) is 10.5 Å². The predicted octanol–water partition coefficient (Wildman–Crippen LogP) is 5.05. The molecule has 0 aliphatic rings. The third-order valence-corrected chi connectivity index (χ3v) is 5.37. The van der Waals surface area contributed by atoms with E-state index in [2.05, 4.69) is 10.6 Å². The summed E-state index contributed by atoms with van der Waals surface area (Å²) in [5.41, 5.74) is 3.20. The van der Waals surface area contributed by atoms with E-state index in [4.69, 9.17) is 0 Å². The number of rotatable bonds is 8. The number of hydrogen-bond donors (Lipinski definition) is 2. The second-order valence-corrected chi connectivity index (χ2v) is 7.84. The predicted molar refractivity (Wildman–Crippen MR) is 119 cm³/mol. The number of nitrogens with one attached hydrogen (secondary N) is 2. The average Bonchev–Trinajstić information content (AvgIpc) is 2.74. The van der Waals surface area contributed by atoms with Crippen molar-refractivity contribution in [1.82, 2.24) is 5.32 Å². The van der Waals surface area contributed by atoms with E-state index in [0.29, 0.717) is 30.0 Å². The van der Waals surface area contributed by atoms with E-state index in [-0.39, 0.29) is 11.8 Å². The Morgan fingerprint density at radius 3 is 2.31 bits per heavy atom. The highest BCUT2D eigenvalue weighted by atomic mass is 32.2. The van der Waals surface area contributed by atoms with Crippen molar-refractivity contribution < 1.29 is 9.59 Å². The normalized spacial score (nSPS) is 10.4. The molecule has 4 nitrogen and oxygen atoms in total. The third-order valence-electron chi connectivity index (χ3n) is 4.36. The molecule has 0 radical (unpaired) electrons. The van der Waals surface area contributed by atoms with Crippen LogP contribution in [0.2, 0.25) is 0 Å². The van der Waals surface area contributed by atoms with E-state index in [1.807, 2.05) is 67.6 Å². The molecule has 0 unspecified atom stereocenters. The van der Waals surface area contributed by atoms with Gasteiger partial charge in [-0.05, 0) is 36.8 Å². The Morgan fingerprint density at radius 2 is 1.55 bits per heavy atom. The van der Waals surface area contributed by atoms with Crippen LogP contribution in [-0.2, 0) is 11.3 Å². The van der Waals surface area contributed by atoms with Gasteiger partial charge in [0, 0.05) is 23.6 Å². The molecule has 0 aromatic heterocycles. The quantitative estimate of drug-likeness (QED) is 0.517. The molecule has 0 spiro atoms. The van der Waals surface area contributed by atoms with E-state index < -0.39 is 0 Å². The van der Waals surface area contributed by atoms with Crippen molar-refractivity contribution in [2.24, 2.45) is 0 Å². The molecule has 3 aromatic rings. The summed E-state index contributed by atoms with van der Waals surface area (Å²) < 4.78 is 0. The lowest BCUT2D eigenvalue weighted by Gasteiger charge is -2.12. The molecule has 0 aliphatic carbocycles. The first-order valence-electron chi connectivity index (χ1n) is 9.52. The molecule has 3 aromatic carbocycles. The molecule has 0 saturated carbocycles. The highest BCUT2D eigenvalue weighted by molar-refractivity contribution is 7.99. The fraction of sp³-hybridized carbons (Fsp3) is 0.167. The summed E-state index contributed by atoms with van der Waals surface area (Å²) >= 11 is 1.64. The van der Waals surface area contributed by atoms with Crippen LogP contribution >= 0.6 is 11.8 Å². The van der Waals surface area contributed by atoms with Gasteiger partial charge in [-0.25, -0.2) is 0 Å². The number of para-hydroxylation sites is 1. The van der Waals surface area contributed by atoms with Crippen LogP contribution in [0.25, 0.3) is 0 Å². The molecule has 148 valence electrons. The highest BCUT2D eigenvalue weighted by Gasteiger charge is 2.13. The first kappa shape index (κ1) is 20.7. The molecule has 29 heavy (non-hydrogen) atoms. The van der Waals surface area contributed by atoms with Crippen LogP contribution in [0, 0.1) is 6.92 Å². The monoisotopic (exact) mass is 404 g/mol. The van der Waals surface area contributed by atoms with Gasteiger partial charge in [0.1, 0.15) is 0 Å². The van der Waals surface area contributed by atoms with Gasteiger partial charge in [0.15, 0.2) is 0 Å². The zero-order valence-corrected chi connectivity index (χ0v) is 17.2. The maximum atomic E-state index is 12.6. The minimum Gasteiger partial charge on any atom is -0.348 e. The lowest BCUT2D eigenvalue weighted by atomic mass is 10.1. The Balaban J connectivity index is 1.54. The molecule has 0 atom stereocenters. The molecule has 5 heteroatoms. The van der Waals surface area contributed by atoms with Gasteiger partial charge < -0.3 is 10.6 Å². The maximum absolute atomic E-state index is 12.6. The van der Waals surface area contributed by atoms with Gasteiger partial charge >= 0.3 is 0 Å². The Bertz CT molecular complexity index is 956. The lowest BCUT2D eigenvalue weighted by molar-refractivity contribution is -0.115. The Morgan fingerprint density at radius 1 is 0.862 bits per heavy atom. The zero-order valence-electron chi connectivity index (χ0n) is 16.4. The van der Waals surface area contributed by atoms with Crippen molar-refractivity contribution in [3.8, 4) is 0 Å². The number of anilines is 1. The smallest absolute Gasteiger partial charge is 0.253 e. The lowest BCUT2D eigenvalue weighted by Crippen LogP contribution is -2.25. The summed E-state index contributed by atoms with van der Waals surface area (Å²) in [7, 11) is 0. The number of amides is 2. The van der Waals surface area contributed by atoms with E-state index in [1.165, 1.54) is 5.56 Å². The summed E-state index contributed by atoms with van der Waals surface area (Å²) in [6.07, 6.45) is 0.374. The molecule has 0 aliphatic heterocycles. The summed E-state index contributed by atoms with van der Waals surface area (Å²) in [4.78, 5) is 26.1. The molecule has 2 amide bonds. The van der Waals surface area contributed by atoms with Gasteiger partial charge in [0.2, 0.25) is 5.91 Å². The molecule has 0 fully saturated rings. The Hall–Kier alpha value is -3.05. The second kappa shape index (κ2) is 10.5. The molecule has 0 bridgehead atoms. The van der Waals surface area contributed by atoms with Gasteiger partial charge in [-0.1, -0.05) is 60.2 Å². The number of carbonyl (C=O) groups is 2. The van der Waals surface area contributed by atoms with Gasteiger partial charge in [-0.15, -0.1) is 11.8 Å². The molecule has 2 N–H and O–H groups in total. The SMILES string of the molecule is Cc1ccc(CNC(=O)c2ccccc2NC(=O)CCSc2ccccc2)cc1. The topological polar surface area (TPSA) is 58.2 Å². The van der Waals surface area contributed by atoms with Crippen molar-refractivity contribution in [2.45, 2.75) is 24.8 Å². The van der Waals surface area contributed by atoms with Crippen LogP contribution < -0.4 is 10.6 Å². The zero-order chi connectivity index (χ0) is 20.5. The fourth-order valence-corrected chi connectivity index (χ4v) is 3.64. The Kier molecular flexibility index (Phi) is 7.47. The van der Waals surface area contributed by atoms with Crippen LogP contribution in [0.4, 0.5) is 5.69 Å². The number of benzene rings is 3. The molecule has 3 rings (SSSR count). The number of carbonyl (C=O) groups excluding carboxylic acids is 2. The van der Waals surface area contributed by atoms with Gasteiger partial charge in [-0.3, -0.25) is 9.59 Å². The van der Waals surface area contributed by atoms with Crippen molar-refractivity contribution >= 4 is 29.3 Å².